The Morgan fingerprint density at radius 1 is 0.891 bits per heavy atom. The molecule has 3 aromatic heterocycles. The van der Waals surface area contributed by atoms with E-state index in [1.807, 2.05) is 26.0 Å². The Kier molecular flexibility index (Phi) is 14.0. The second kappa shape index (κ2) is 18.7. The lowest BCUT2D eigenvalue weighted by atomic mass is 9.84. The molecule has 2 atom stereocenters. The van der Waals surface area contributed by atoms with E-state index in [1.165, 1.54) is 13.5 Å². The first-order chi connectivity index (χ1) is 26.4. The number of amides is 1. The van der Waals surface area contributed by atoms with Gasteiger partial charge in [0.1, 0.15) is 0 Å². The average molecular weight is 756 g/mol. The van der Waals surface area contributed by atoms with Crippen molar-refractivity contribution < 1.29 is 34.1 Å². The minimum atomic E-state index is -0.938. The van der Waals surface area contributed by atoms with E-state index in [0.717, 1.165) is 75.7 Å². The van der Waals surface area contributed by atoms with Crippen molar-refractivity contribution in [1.82, 2.24) is 25.3 Å². The van der Waals surface area contributed by atoms with Crippen LogP contribution in [0.5, 0.6) is 0 Å². The number of carboxylic acids is 1. The molecule has 0 saturated heterocycles. The number of hydrogen-bond acceptors (Lipinski definition) is 8. The molecule has 12 nitrogen and oxygen atoms in total. The van der Waals surface area contributed by atoms with Gasteiger partial charge in [-0.1, -0.05) is 40.0 Å². The Morgan fingerprint density at radius 3 is 2.27 bits per heavy atom. The van der Waals surface area contributed by atoms with E-state index in [2.05, 4.69) is 49.0 Å². The van der Waals surface area contributed by atoms with Crippen LogP contribution < -0.4 is 5.32 Å². The lowest BCUT2D eigenvalue weighted by Gasteiger charge is -2.18. The molecule has 8 bridgehead atoms. The molecule has 0 aliphatic carbocycles. The fourth-order valence-corrected chi connectivity index (χ4v) is 7.74. The number of ether oxygens (including phenoxy) is 2. The van der Waals surface area contributed by atoms with Crippen molar-refractivity contribution in [1.29, 1.82) is 0 Å². The number of methoxy groups -OCH3 is 1. The number of carboxylic acid groups (broad SMARTS) is 1. The molecule has 0 fully saturated rings. The van der Waals surface area contributed by atoms with E-state index in [-0.39, 0.29) is 50.2 Å². The van der Waals surface area contributed by atoms with Crippen LogP contribution in [0.25, 0.3) is 33.2 Å². The number of fused-ring (bicyclic) bond motifs is 8. The highest BCUT2D eigenvalue weighted by Crippen LogP contribution is 2.44. The van der Waals surface area contributed by atoms with Crippen LogP contribution in [0.4, 0.5) is 0 Å². The minimum Gasteiger partial charge on any atom is -0.481 e. The molecule has 55 heavy (non-hydrogen) atoms. The predicted octanol–water partition coefficient (Wildman–Crippen LogP) is 7.49. The molecule has 0 spiro atoms. The maximum Gasteiger partial charge on any atom is 0.310 e. The van der Waals surface area contributed by atoms with E-state index >= 15 is 0 Å². The molecule has 296 valence electrons. The van der Waals surface area contributed by atoms with Crippen molar-refractivity contribution in [3.05, 3.63) is 68.8 Å². The molecule has 2 aliphatic heterocycles. The fourth-order valence-electron chi connectivity index (χ4n) is 7.74. The molecular formula is C43H57N5O7. The molecule has 5 rings (SSSR count). The number of H-pyrrole nitrogens is 2. The zero-order chi connectivity index (χ0) is 39.8. The third-order valence-corrected chi connectivity index (χ3v) is 11.1. The number of allylic oxidation sites excluding steroid dienone is 1. The van der Waals surface area contributed by atoms with Crippen LogP contribution in [-0.2, 0) is 43.3 Å². The highest BCUT2D eigenvalue weighted by molar-refractivity contribution is 6.27. The van der Waals surface area contributed by atoms with Crippen molar-refractivity contribution in [3.63, 3.8) is 0 Å². The number of rotatable bonds is 17. The maximum atomic E-state index is 14.0. The van der Waals surface area contributed by atoms with Crippen LogP contribution in [0.2, 0.25) is 0 Å². The summed E-state index contributed by atoms with van der Waals surface area (Å²) >= 11 is 0. The normalized spacial score (nSPS) is 15.4. The van der Waals surface area contributed by atoms with Crippen molar-refractivity contribution >= 4 is 51.1 Å². The van der Waals surface area contributed by atoms with Crippen LogP contribution in [0.15, 0.2) is 18.2 Å². The van der Waals surface area contributed by atoms with E-state index in [9.17, 15) is 24.6 Å². The quantitative estimate of drug-likeness (QED) is 0.0690. The summed E-state index contributed by atoms with van der Waals surface area (Å²) in [6.07, 6.45) is 5.52. The number of carbonyl (C=O) groups excluding carboxylic acids is 2. The first kappa shape index (κ1) is 41.4. The topological polar surface area (TPSA) is 180 Å². The van der Waals surface area contributed by atoms with E-state index in [4.69, 9.17) is 19.4 Å². The van der Waals surface area contributed by atoms with Crippen LogP contribution in [0, 0.1) is 13.8 Å². The number of carbonyl (C=O) groups is 3. The zero-order valence-electron chi connectivity index (χ0n) is 33.4. The summed E-state index contributed by atoms with van der Waals surface area (Å²) in [6, 6.07) is 6.09. The number of unbranched alkanes of at least 4 members (excludes halogenated alkanes) is 3. The first-order valence-electron chi connectivity index (χ1n) is 19.7. The summed E-state index contributed by atoms with van der Waals surface area (Å²) in [4.78, 5) is 56.7. The number of aliphatic carboxylic acids is 1. The smallest absolute Gasteiger partial charge is 0.310 e. The first-order valence-corrected chi connectivity index (χ1v) is 19.7. The van der Waals surface area contributed by atoms with Crippen LogP contribution in [0.1, 0.15) is 135 Å². The van der Waals surface area contributed by atoms with E-state index in [0.29, 0.717) is 53.4 Å². The Hall–Kier alpha value is -4.81. The minimum absolute atomic E-state index is 0.0836. The lowest BCUT2D eigenvalue weighted by molar-refractivity contribution is -0.140. The number of aliphatic hydroxyl groups excluding tert-OH is 1. The van der Waals surface area contributed by atoms with Gasteiger partial charge in [-0.25, -0.2) is 4.98 Å². The molecule has 0 saturated carbocycles. The standard InChI is InChI=1S/C43H57N5O7/c1-8-10-11-12-18-55-23-31-26(5)32-20-34-25(4)29(14-15-38(50)51)41(47-34)30(19-39(52)54-7)42-40(43(53)44-16-13-17-49)27(6)35(48-42)22-36-28(9-2)24(3)33(45-36)21-37(31)46-32/h20-22,25,29,45-46,49H,8-19,23H2,1-7H3,(H,44,53)(H,50,51). The predicted molar refractivity (Wildman–Crippen MR) is 215 cm³/mol. The van der Waals surface area contributed by atoms with Gasteiger partial charge in [0.15, 0.2) is 0 Å². The number of nitrogens with one attached hydrogen (secondary N) is 3. The van der Waals surface area contributed by atoms with Gasteiger partial charge in [-0.3, -0.25) is 19.4 Å². The van der Waals surface area contributed by atoms with Crippen molar-refractivity contribution in [2.24, 2.45) is 0 Å². The Labute approximate surface area is 323 Å². The van der Waals surface area contributed by atoms with Gasteiger partial charge in [0, 0.05) is 76.9 Å². The molecule has 12 heteroatoms. The molecule has 0 aromatic carbocycles. The number of aromatic amines is 2. The molecule has 3 aromatic rings. The van der Waals surface area contributed by atoms with E-state index in [1.54, 1.807) is 0 Å². The number of aromatic nitrogens is 4. The molecular weight excluding hydrogens is 699 g/mol. The summed E-state index contributed by atoms with van der Waals surface area (Å²) in [5, 5.41) is 22.1. The van der Waals surface area contributed by atoms with E-state index < -0.39 is 11.9 Å². The van der Waals surface area contributed by atoms with Gasteiger partial charge >= 0.3 is 11.9 Å². The van der Waals surface area contributed by atoms with Gasteiger partial charge in [-0.15, -0.1) is 0 Å². The molecule has 1 amide bonds. The monoisotopic (exact) mass is 755 g/mol. The highest BCUT2D eigenvalue weighted by Gasteiger charge is 2.35. The number of aryl methyl sites for hydroxylation is 3. The van der Waals surface area contributed by atoms with Crippen LogP contribution in [-0.4, -0.2) is 74.9 Å². The Morgan fingerprint density at radius 2 is 1.60 bits per heavy atom. The summed E-state index contributed by atoms with van der Waals surface area (Å²) in [5.74, 6) is -2.48. The van der Waals surface area contributed by atoms with Gasteiger partial charge in [0.05, 0.1) is 42.8 Å². The molecule has 5 N–H and O–H groups in total. The molecule has 2 aliphatic rings. The lowest BCUT2D eigenvalue weighted by Crippen LogP contribution is -2.26. The summed E-state index contributed by atoms with van der Waals surface area (Å²) in [5.41, 5.74) is 11.3. The SMILES string of the molecule is CCCCCCOCc1c(C)c2cc3nc(c(CC(=O)OC)c4nc(cc5[nH]c(cc1[nH]2)c(C)c5CC)C(C)=C4C(=O)NCCCO)C(CCC(=O)O)C3C. The van der Waals surface area contributed by atoms with Gasteiger partial charge in [0.2, 0.25) is 0 Å². The zero-order valence-corrected chi connectivity index (χ0v) is 33.4. The van der Waals surface area contributed by atoms with Gasteiger partial charge in [-0.2, -0.15) is 0 Å². The van der Waals surface area contributed by atoms with Crippen LogP contribution in [0.3, 0.4) is 0 Å². The van der Waals surface area contributed by atoms with Gasteiger partial charge < -0.3 is 35.0 Å². The number of nitrogens with zero attached hydrogens (tertiary/aromatic N) is 2. The van der Waals surface area contributed by atoms with Crippen molar-refractivity contribution in [3.8, 4) is 0 Å². The summed E-state index contributed by atoms with van der Waals surface area (Å²) < 4.78 is 11.4. The van der Waals surface area contributed by atoms with Gasteiger partial charge in [0.25, 0.3) is 5.91 Å². The number of esters is 1. The third-order valence-electron chi connectivity index (χ3n) is 11.1. The summed E-state index contributed by atoms with van der Waals surface area (Å²) in [6.45, 7) is 13.6. The van der Waals surface area contributed by atoms with Crippen molar-refractivity contribution in [2.45, 2.75) is 118 Å². The second-order valence-electron chi connectivity index (χ2n) is 14.7. The van der Waals surface area contributed by atoms with Gasteiger partial charge in [-0.05, 0) is 86.9 Å². The Balaban J connectivity index is 1.89. The fraction of sp³-hybridized carbons (Fsp3) is 0.512. The molecule has 0 radical (unpaired) electrons. The molecule has 2 unspecified atom stereocenters. The average Bonchev–Trinajstić information content (AvgIpc) is 3.84. The number of hydrogen-bond donors (Lipinski definition) is 5. The van der Waals surface area contributed by atoms with Crippen LogP contribution >= 0.6 is 0 Å². The maximum absolute atomic E-state index is 14.0. The summed E-state index contributed by atoms with van der Waals surface area (Å²) in [7, 11) is 1.31. The second-order valence-corrected chi connectivity index (χ2v) is 14.7. The Bertz CT molecular complexity index is 2110. The van der Waals surface area contributed by atoms with Crippen molar-refractivity contribution in [2.75, 3.05) is 26.9 Å². The molecule has 5 heterocycles. The largest absolute Gasteiger partial charge is 0.481 e. The highest BCUT2D eigenvalue weighted by atomic mass is 16.5. The number of aliphatic hydroxyl groups is 1. The third kappa shape index (κ3) is 9.19.